The number of carbonyl (C=O) groups is 1. The monoisotopic (exact) mass is 562 g/mol. The Hall–Kier alpha value is -3.15. The fourth-order valence-electron chi connectivity index (χ4n) is 6.04. The van der Waals surface area contributed by atoms with E-state index in [9.17, 15) is 18.3 Å². The van der Waals surface area contributed by atoms with Crippen LogP contribution in [0.15, 0.2) is 48.4 Å². The first-order valence-electron chi connectivity index (χ1n) is 13.0. The number of ether oxygens (including phenoxy) is 3. The van der Waals surface area contributed by atoms with Crippen LogP contribution in [-0.4, -0.2) is 68.8 Å². The Morgan fingerprint density at radius 3 is 2.59 bits per heavy atom. The van der Waals surface area contributed by atoms with Crippen molar-refractivity contribution < 1.29 is 36.9 Å². The van der Waals surface area contributed by atoms with Gasteiger partial charge in [0.15, 0.2) is 23.1 Å². The van der Waals surface area contributed by atoms with Gasteiger partial charge in [0.2, 0.25) is 16.8 Å². The number of aliphatic carboxylic acids is 1. The summed E-state index contributed by atoms with van der Waals surface area (Å²) in [5.41, 5.74) is 0.119. The highest BCUT2D eigenvalue weighted by Gasteiger charge is 2.57. The molecule has 39 heavy (non-hydrogen) atoms. The van der Waals surface area contributed by atoms with Crippen LogP contribution >= 0.6 is 0 Å². The predicted molar refractivity (Wildman–Crippen MR) is 144 cm³/mol. The van der Waals surface area contributed by atoms with Gasteiger partial charge in [0.25, 0.3) is 0 Å². The molecule has 2 heterocycles. The van der Waals surface area contributed by atoms with Gasteiger partial charge in [-0.25, -0.2) is 12.8 Å². The number of methoxy groups -OCH3 is 1. The molecule has 2 aromatic rings. The van der Waals surface area contributed by atoms with Crippen molar-refractivity contribution in [3.05, 3.63) is 65.3 Å². The molecule has 0 radical (unpaired) electrons. The van der Waals surface area contributed by atoms with Crippen LogP contribution in [0, 0.1) is 11.7 Å². The Kier molecular flexibility index (Phi) is 8.53. The van der Waals surface area contributed by atoms with E-state index < -0.39 is 39.2 Å². The van der Waals surface area contributed by atoms with Crippen molar-refractivity contribution >= 4 is 16.0 Å². The van der Waals surface area contributed by atoms with Crippen molar-refractivity contribution in [3.63, 3.8) is 0 Å². The zero-order valence-electron chi connectivity index (χ0n) is 22.4. The fourth-order valence-corrected chi connectivity index (χ4v) is 7.03. The Balaban J connectivity index is 1.83. The van der Waals surface area contributed by atoms with Gasteiger partial charge in [0, 0.05) is 37.5 Å². The predicted octanol–water partition coefficient (Wildman–Crippen LogP) is 4.15. The average molecular weight is 563 g/mol. The molecule has 2 aromatic carbocycles. The number of likely N-dealkylation sites (tertiary alicyclic amines) is 1. The quantitative estimate of drug-likeness (QED) is 0.411. The minimum absolute atomic E-state index is 0.0555. The molecule has 0 saturated carbocycles. The smallest absolute Gasteiger partial charge is 0.309 e. The molecule has 1 saturated heterocycles. The largest absolute Gasteiger partial charge is 0.494 e. The zero-order chi connectivity index (χ0) is 28.4. The van der Waals surface area contributed by atoms with Gasteiger partial charge in [-0.1, -0.05) is 32.6 Å². The SMILES string of the molecule is C=CS(=O)(=O)N(CCC)CCN1CC(c2ccc3c(c2)OCO3)C(C(=O)O)C1(CC)c1ccc(OC)c(F)c1. The van der Waals surface area contributed by atoms with Gasteiger partial charge in [-0.3, -0.25) is 9.69 Å². The second kappa shape index (κ2) is 11.5. The summed E-state index contributed by atoms with van der Waals surface area (Å²) in [5.74, 6) is -1.89. The number of benzene rings is 2. The van der Waals surface area contributed by atoms with Gasteiger partial charge < -0.3 is 19.3 Å². The Morgan fingerprint density at radius 2 is 1.97 bits per heavy atom. The van der Waals surface area contributed by atoms with E-state index in [1.165, 1.54) is 23.5 Å². The molecule has 11 heteroatoms. The minimum Gasteiger partial charge on any atom is -0.494 e. The van der Waals surface area contributed by atoms with Gasteiger partial charge in [-0.05, 0) is 48.2 Å². The lowest BCUT2D eigenvalue weighted by Crippen LogP contribution is -2.50. The molecular weight excluding hydrogens is 527 g/mol. The Labute approximate surface area is 228 Å². The molecule has 0 amide bonds. The molecule has 1 fully saturated rings. The molecular formula is C28H35FN2O7S. The van der Waals surface area contributed by atoms with Gasteiger partial charge in [-0.2, -0.15) is 4.31 Å². The topological polar surface area (TPSA) is 106 Å². The first-order chi connectivity index (χ1) is 18.6. The summed E-state index contributed by atoms with van der Waals surface area (Å²) in [6.45, 7) is 8.27. The van der Waals surface area contributed by atoms with Crippen molar-refractivity contribution in [2.75, 3.05) is 40.1 Å². The first-order valence-corrected chi connectivity index (χ1v) is 14.5. The Morgan fingerprint density at radius 1 is 1.23 bits per heavy atom. The standard InChI is InChI=1S/C28H35FN2O7S/c1-5-12-31(39(34,35)7-3)14-13-30-17-21(19-8-10-24-25(15-19)38-18-37-24)26(27(32)33)28(30,6-2)20-9-11-23(36-4)22(29)16-20/h7-11,15-16,21,26H,3,5-6,12-14,17-18H2,1-2,4H3,(H,32,33). The van der Waals surface area contributed by atoms with Crippen LogP contribution in [-0.2, 0) is 20.4 Å². The number of hydrogen-bond acceptors (Lipinski definition) is 7. The lowest BCUT2D eigenvalue weighted by atomic mass is 9.71. The lowest BCUT2D eigenvalue weighted by Gasteiger charge is -2.42. The molecule has 9 nitrogen and oxygen atoms in total. The second-order valence-electron chi connectivity index (χ2n) is 9.72. The van der Waals surface area contributed by atoms with Crippen LogP contribution in [0.25, 0.3) is 0 Å². The van der Waals surface area contributed by atoms with Gasteiger partial charge >= 0.3 is 5.97 Å². The molecule has 4 rings (SSSR count). The van der Waals surface area contributed by atoms with Gasteiger partial charge in [0.05, 0.1) is 18.6 Å². The number of halogens is 1. The van der Waals surface area contributed by atoms with Crippen LogP contribution in [0.5, 0.6) is 17.2 Å². The summed E-state index contributed by atoms with van der Waals surface area (Å²) in [4.78, 5) is 15.0. The van der Waals surface area contributed by atoms with Crippen LogP contribution < -0.4 is 14.2 Å². The van der Waals surface area contributed by atoms with E-state index in [-0.39, 0.29) is 25.6 Å². The van der Waals surface area contributed by atoms with Crippen molar-refractivity contribution in [2.24, 2.45) is 5.92 Å². The number of carboxylic acid groups (broad SMARTS) is 1. The normalized spacial score (nSPS) is 22.8. The second-order valence-corrected chi connectivity index (χ2v) is 11.6. The third-order valence-corrected chi connectivity index (χ3v) is 9.35. The molecule has 0 aromatic heterocycles. The lowest BCUT2D eigenvalue weighted by molar-refractivity contribution is -0.146. The molecule has 3 unspecified atom stereocenters. The highest BCUT2D eigenvalue weighted by molar-refractivity contribution is 7.92. The number of fused-ring (bicyclic) bond motifs is 1. The summed E-state index contributed by atoms with van der Waals surface area (Å²) in [5, 5.41) is 11.6. The third kappa shape index (κ3) is 5.22. The maximum absolute atomic E-state index is 15.0. The molecule has 0 bridgehead atoms. The fraction of sp³-hybridized carbons (Fsp3) is 0.464. The maximum Gasteiger partial charge on any atom is 0.309 e. The molecule has 212 valence electrons. The number of nitrogens with zero attached hydrogens (tertiary/aromatic N) is 2. The highest BCUT2D eigenvalue weighted by atomic mass is 32.2. The molecule has 1 N–H and O–H groups in total. The number of rotatable bonds is 12. The summed E-state index contributed by atoms with van der Waals surface area (Å²) in [6.07, 6.45) is 0.950. The van der Waals surface area contributed by atoms with Crippen molar-refractivity contribution in [1.82, 2.24) is 9.21 Å². The van der Waals surface area contributed by atoms with E-state index >= 15 is 4.39 Å². The molecule has 3 atom stereocenters. The first kappa shape index (κ1) is 28.8. The number of sulfonamides is 1. The molecule has 0 aliphatic carbocycles. The van der Waals surface area contributed by atoms with Crippen LogP contribution in [0.1, 0.15) is 43.7 Å². The van der Waals surface area contributed by atoms with Crippen molar-refractivity contribution in [3.8, 4) is 17.2 Å². The van der Waals surface area contributed by atoms with E-state index in [1.807, 2.05) is 24.8 Å². The summed E-state index contributed by atoms with van der Waals surface area (Å²) in [6, 6.07) is 9.92. The molecule has 2 aliphatic rings. The van der Waals surface area contributed by atoms with E-state index in [4.69, 9.17) is 14.2 Å². The third-order valence-electron chi connectivity index (χ3n) is 7.84. The van der Waals surface area contributed by atoms with E-state index in [0.29, 0.717) is 43.0 Å². The maximum atomic E-state index is 15.0. The van der Waals surface area contributed by atoms with E-state index in [0.717, 1.165) is 11.0 Å². The number of hydrogen-bond donors (Lipinski definition) is 1. The van der Waals surface area contributed by atoms with E-state index in [2.05, 4.69) is 6.58 Å². The van der Waals surface area contributed by atoms with E-state index in [1.54, 1.807) is 18.2 Å². The molecule has 0 spiro atoms. The molecule has 2 aliphatic heterocycles. The summed E-state index contributed by atoms with van der Waals surface area (Å²) >= 11 is 0. The Bertz CT molecular complexity index is 1340. The van der Waals surface area contributed by atoms with Gasteiger partial charge in [0.1, 0.15) is 0 Å². The summed E-state index contributed by atoms with van der Waals surface area (Å²) < 4.78 is 57.8. The van der Waals surface area contributed by atoms with Crippen LogP contribution in [0.2, 0.25) is 0 Å². The van der Waals surface area contributed by atoms with Crippen molar-refractivity contribution in [2.45, 2.75) is 38.1 Å². The highest BCUT2D eigenvalue weighted by Crippen LogP contribution is 2.53. The van der Waals surface area contributed by atoms with Crippen molar-refractivity contribution in [1.29, 1.82) is 0 Å². The van der Waals surface area contributed by atoms with Crippen LogP contribution in [0.4, 0.5) is 4.39 Å². The zero-order valence-corrected chi connectivity index (χ0v) is 23.2. The number of carboxylic acids is 1. The van der Waals surface area contributed by atoms with Gasteiger partial charge in [-0.15, -0.1) is 0 Å². The average Bonchev–Trinajstić information content (AvgIpc) is 3.53. The van der Waals surface area contributed by atoms with Crippen LogP contribution in [0.3, 0.4) is 0 Å². The summed E-state index contributed by atoms with van der Waals surface area (Å²) in [7, 11) is -2.32. The minimum atomic E-state index is -3.69.